The maximum atomic E-state index is 11.7. The minimum absolute atomic E-state index is 0.0138. The lowest BCUT2D eigenvalue weighted by molar-refractivity contribution is 0.421. The second-order valence-corrected chi connectivity index (χ2v) is 9.20. The van der Waals surface area contributed by atoms with E-state index >= 15 is 0 Å². The number of hydrogen-bond acceptors (Lipinski definition) is 4. The predicted octanol–water partition coefficient (Wildman–Crippen LogP) is 2.08. The van der Waals surface area contributed by atoms with Gasteiger partial charge in [0.2, 0.25) is 0 Å². The molecular weight excluding hydrogens is 286 g/mol. The van der Waals surface area contributed by atoms with Gasteiger partial charge in [0.25, 0.3) is 0 Å². The molecule has 2 rings (SSSR count). The third-order valence-corrected chi connectivity index (χ3v) is 5.59. The largest absolute Gasteiger partial charge is 0.308 e. The zero-order valence-corrected chi connectivity index (χ0v) is 14.3. The molecule has 5 nitrogen and oxygen atoms in total. The Balaban J connectivity index is 2.20. The molecule has 0 spiro atoms. The van der Waals surface area contributed by atoms with Crippen LogP contribution < -0.4 is 5.32 Å². The van der Waals surface area contributed by atoms with Crippen LogP contribution in [0.1, 0.15) is 57.8 Å². The average molecular weight is 313 g/mol. The highest BCUT2D eigenvalue weighted by atomic mass is 32.2. The van der Waals surface area contributed by atoms with Crippen molar-refractivity contribution >= 4 is 9.84 Å². The van der Waals surface area contributed by atoms with Crippen molar-refractivity contribution in [2.45, 2.75) is 65.1 Å². The van der Waals surface area contributed by atoms with Crippen LogP contribution in [-0.2, 0) is 22.8 Å². The summed E-state index contributed by atoms with van der Waals surface area (Å²) in [6.07, 6.45) is 4.56. The van der Waals surface area contributed by atoms with E-state index in [9.17, 15) is 8.42 Å². The molecular formula is C15H27N3O2S. The van der Waals surface area contributed by atoms with Gasteiger partial charge in [-0.3, -0.25) is 4.68 Å². The Bertz CT molecular complexity index is 585. The summed E-state index contributed by atoms with van der Waals surface area (Å²) in [4.78, 5) is 0. The number of hydrogen-bond donors (Lipinski definition) is 1. The van der Waals surface area contributed by atoms with E-state index in [1.54, 1.807) is 0 Å². The van der Waals surface area contributed by atoms with Gasteiger partial charge >= 0.3 is 0 Å². The van der Waals surface area contributed by atoms with Gasteiger partial charge in [0.05, 0.1) is 23.7 Å². The molecule has 1 saturated heterocycles. The van der Waals surface area contributed by atoms with Crippen molar-refractivity contribution in [1.29, 1.82) is 0 Å². The highest BCUT2D eigenvalue weighted by Gasteiger charge is 2.31. The van der Waals surface area contributed by atoms with E-state index in [2.05, 4.69) is 38.1 Å². The van der Waals surface area contributed by atoms with Gasteiger partial charge in [-0.25, -0.2) is 8.42 Å². The maximum Gasteiger partial charge on any atom is 0.152 e. The maximum absolute atomic E-state index is 11.7. The van der Waals surface area contributed by atoms with Gasteiger partial charge in [0, 0.05) is 23.3 Å². The van der Waals surface area contributed by atoms with Gasteiger partial charge in [-0.15, -0.1) is 0 Å². The zero-order valence-electron chi connectivity index (χ0n) is 13.5. The molecule has 1 unspecified atom stereocenters. The Morgan fingerprint density at radius 2 is 2.14 bits per heavy atom. The van der Waals surface area contributed by atoms with E-state index in [-0.39, 0.29) is 17.3 Å². The van der Waals surface area contributed by atoms with Crippen LogP contribution >= 0.6 is 0 Å². The summed E-state index contributed by atoms with van der Waals surface area (Å²) in [6, 6.07) is 0.0138. The standard InChI is InChI=1S/C15H27N3O2S/c1-5-6-14-12(9-16-15(2,3)4)10-17-18(14)13-7-8-21(19,20)11-13/h10,13,16H,5-9,11H2,1-4H3. The quantitative estimate of drug-likeness (QED) is 0.904. The van der Waals surface area contributed by atoms with Crippen molar-refractivity contribution in [3.63, 3.8) is 0 Å². The van der Waals surface area contributed by atoms with Crippen LogP contribution in [0.25, 0.3) is 0 Å². The van der Waals surface area contributed by atoms with E-state index in [4.69, 9.17) is 0 Å². The first-order valence-corrected chi connectivity index (χ1v) is 9.54. The topological polar surface area (TPSA) is 64.0 Å². The first kappa shape index (κ1) is 16.5. The zero-order chi connectivity index (χ0) is 15.7. The molecule has 0 bridgehead atoms. The van der Waals surface area contributed by atoms with Gasteiger partial charge in [-0.2, -0.15) is 5.10 Å². The van der Waals surface area contributed by atoms with E-state index in [1.807, 2.05) is 10.9 Å². The van der Waals surface area contributed by atoms with Crippen LogP contribution in [0.4, 0.5) is 0 Å². The van der Waals surface area contributed by atoms with Gasteiger partial charge in [0.15, 0.2) is 9.84 Å². The van der Waals surface area contributed by atoms with E-state index < -0.39 is 9.84 Å². The van der Waals surface area contributed by atoms with Crippen molar-refractivity contribution in [2.75, 3.05) is 11.5 Å². The molecule has 1 atom stereocenters. The predicted molar refractivity (Wildman–Crippen MR) is 85.1 cm³/mol. The molecule has 1 N–H and O–H groups in total. The lowest BCUT2D eigenvalue weighted by Crippen LogP contribution is -2.35. The fourth-order valence-electron chi connectivity index (χ4n) is 2.73. The highest BCUT2D eigenvalue weighted by molar-refractivity contribution is 7.91. The molecule has 1 aromatic heterocycles. The highest BCUT2D eigenvalue weighted by Crippen LogP contribution is 2.26. The molecule has 2 heterocycles. The summed E-state index contributed by atoms with van der Waals surface area (Å²) in [6.45, 7) is 9.34. The van der Waals surface area contributed by atoms with E-state index in [0.717, 1.165) is 19.4 Å². The lowest BCUT2D eigenvalue weighted by Gasteiger charge is -2.21. The van der Waals surface area contributed by atoms with Crippen molar-refractivity contribution in [3.05, 3.63) is 17.5 Å². The fourth-order valence-corrected chi connectivity index (χ4v) is 4.42. The molecule has 120 valence electrons. The molecule has 1 fully saturated rings. The fraction of sp³-hybridized carbons (Fsp3) is 0.800. The van der Waals surface area contributed by atoms with Crippen LogP contribution in [0, 0.1) is 0 Å². The summed E-state index contributed by atoms with van der Waals surface area (Å²) >= 11 is 0. The van der Waals surface area contributed by atoms with Crippen molar-refractivity contribution < 1.29 is 8.42 Å². The van der Waals surface area contributed by atoms with Gasteiger partial charge in [-0.05, 0) is 33.6 Å². The third-order valence-electron chi connectivity index (χ3n) is 3.84. The second-order valence-electron chi connectivity index (χ2n) is 6.97. The number of rotatable bonds is 5. The number of aromatic nitrogens is 2. The minimum atomic E-state index is -2.88. The van der Waals surface area contributed by atoms with E-state index in [0.29, 0.717) is 12.2 Å². The normalized spacial score (nSPS) is 21.8. The monoisotopic (exact) mass is 313 g/mol. The smallest absolute Gasteiger partial charge is 0.152 e. The first-order valence-electron chi connectivity index (χ1n) is 7.72. The Morgan fingerprint density at radius 3 is 2.67 bits per heavy atom. The SMILES string of the molecule is CCCc1c(CNC(C)(C)C)cnn1C1CCS(=O)(=O)C1. The minimum Gasteiger partial charge on any atom is -0.308 e. The summed E-state index contributed by atoms with van der Waals surface area (Å²) in [5, 5.41) is 7.98. The average Bonchev–Trinajstić information content (AvgIpc) is 2.90. The lowest BCUT2D eigenvalue weighted by atomic mass is 10.1. The van der Waals surface area contributed by atoms with Crippen LogP contribution in [0.15, 0.2) is 6.20 Å². The van der Waals surface area contributed by atoms with Crippen LogP contribution in [0.3, 0.4) is 0 Å². The van der Waals surface area contributed by atoms with Crippen LogP contribution in [0.5, 0.6) is 0 Å². The Hall–Kier alpha value is -0.880. The molecule has 1 aromatic rings. The molecule has 0 aliphatic carbocycles. The second kappa shape index (κ2) is 6.08. The molecule has 21 heavy (non-hydrogen) atoms. The van der Waals surface area contributed by atoms with E-state index in [1.165, 1.54) is 11.3 Å². The molecule has 1 aliphatic heterocycles. The number of nitrogens with zero attached hydrogens (tertiary/aromatic N) is 2. The van der Waals surface area contributed by atoms with Crippen LogP contribution in [-0.4, -0.2) is 35.2 Å². The Kier molecular flexibility index (Phi) is 4.78. The van der Waals surface area contributed by atoms with Gasteiger partial charge in [-0.1, -0.05) is 13.3 Å². The molecule has 6 heteroatoms. The van der Waals surface area contributed by atoms with Crippen LogP contribution in [0.2, 0.25) is 0 Å². The Labute approximate surface area is 128 Å². The summed E-state index contributed by atoms with van der Waals surface area (Å²) in [7, 11) is -2.88. The molecule has 0 radical (unpaired) electrons. The summed E-state index contributed by atoms with van der Waals surface area (Å²) < 4.78 is 25.4. The Morgan fingerprint density at radius 1 is 1.43 bits per heavy atom. The van der Waals surface area contributed by atoms with Crippen molar-refractivity contribution in [2.24, 2.45) is 0 Å². The van der Waals surface area contributed by atoms with Crippen molar-refractivity contribution in [1.82, 2.24) is 15.1 Å². The molecule has 0 amide bonds. The summed E-state index contributed by atoms with van der Waals surface area (Å²) in [5.74, 6) is 0.524. The molecule has 1 aliphatic rings. The molecule has 0 aromatic carbocycles. The first-order chi connectivity index (χ1) is 9.72. The van der Waals surface area contributed by atoms with Gasteiger partial charge < -0.3 is 5.32 Å². The van der Waals surface area contributed by atoms with Gasteiger partial charge in [0.1, 0.15) is 0 Å². The summed E-state index contributed by atoms with van der Waals surface area (Å²) in [5.41, 5.74) is 2.44. The third kappa shape index (κ3) is 4.30. The van der Waals surface area contributed by atoms with Crippen molar-refractivity contribution in [3.8, 4) is 0 Å². The number of nitrogens with one attached hydrogen (secondary N) is 1. The molecule has 0 saturated carbocycles. The number of sulfone groups is 1.